The van der Waals surface area contributed by atoms with Crippen molar-refractivity contribution in [1.29, 1.82) is 0 Å². The number of carbonyl (C=O) groups excluding carboxylic acids is 2. The van der Waals surface area contributed by atoms with Crippen molar-refractivity contribution in [3.8, 4) is 0 Å². The van der Waals surface area contributed by atoms with Crippen LogP contribution in [0, 0.1) is 5.41 Å². The van der Waals surface area contributed by atoms with Crippen LogP contribution in [0.25, 0.3) is 0 Å². The molecule has 1 aromatic carbocycles. The number of rotatable bonds is 3. The smallest absolute Gasteiger partial charge is 0.321 e. The van der Waals surface area contributed by atoms with Crippen molar-refractivity contribution in [3.05, 3.63) is 29.8 Å². The van der Waals surface area contributed by atoms with Crippen LogP contribution in [-0.4, -0.2) is 29.9 Å². The number of likely N-dealkylation sites (tertiary alicyclic amines) is 1. The molecule has 1 aliphatic heterocycles. The van der Waals surface area contributed by atoms with Gasteiger partial charge >= 0.3 is 6.03 Å². The zero-order chi connectivity index (χ0) is 17.0. The first-order chi connectivity index (χ1) is 11.6. The van der Waals surface area contributed by atoms with E-state index in [0.29, 0.717) is 11.1 Å². The number of nitrogens with two attached hydrogens (primary N) is 1. The topological polar surface area (TPSA) is 75.4 Å². The fourth-order valence-corrected chi connectivity index (χ4v) is 4.16. The van der Waals surface area contributed by atoms with Gasteiger partial charge in [0.1, 0.15) is 0 Å². The molecule has 2 fully saturated rings. The minimum absolute atomic E-state index is 0.0717. The second kappa shape index (κ2) is 7.24. The summed E-state index contributed by atoms with van der Waals surface area (Å²) in [7, 11) is 0. The van der Waals surface area contributed by atoms with Gasteiger partial charge in [0.2, 0.25) is 5.91 Å². The molecule has 1 spiro atoms. The zero-order valence-electron chi connectivity index (χ0n) is 14.2. The van der Waals surface area contributed by atoms with Crippen molar-refractivity contribution in [2.45, 2.75) is 51.4 Å². The van der Waals surface area contributed by atoms with Crippen LogP contribution < -0.4 is 11.1 Å². The standard InChI is InChI=1S/C19H27N3O2/c20-17(23)14-15-6-2-3-7-16(15)21-18(24)22-12-10-19(11-13-22)8-4-1-5-9-19/h2-3,6-7H,1,4-5,8-14H2,(H2,20,23)(H,21,24). The maximum Gasteiger partial charge on any atom is 0.321 e. The molecule has 1 saturated heterocycles. The van der Waals surface area contributed by atoms with Gasteiger partial charge in [0, 0.05) is 18.8 Å². The lowest BCUT2D eigenvalue weighted by molar-refractivity contribution is -0.117. The van der Waals surface area contributed by atoms with E-state index >= 15 is 0 Å². The number of urea groups is 1. The Morgan fingerprint density at radius 3 is 2.38 bits per heavy atom. The molecular formula is C19H27N3O2. The third-order valence-electron chi connectivity index (χ3n) is 5.65. The van der Waals surface area contributed by atoms with Crippen LogP contribution in [0.15, 0.2) is 24.3 Å². The highest BCUT2D eigenvalue weighted by Gasteiger charge is 2.36. The fourth-order valence-electron chi connectivity index (χ4n) is 4.16. The highest BCUT2D eigenvalue weighted by molar-refractivity contribution is 5.91. The first-order valence-corrected chi connectivity index (χ1v) is 9.00. The second-order valence-electron chi connectivity index (χ2n) is 7.28. The monoisotopic (exact) mass is 329 g/mol. The van der Waals surface area contributed by atoms with Crippen LogP contribution in [0.5, 0.6) is 0 Å². The Hall–Kier alpha value is -2.04. The van der Waals surface area contributed by atoms with E-state index in [0.717, 1.165) is 31.5 Å². The molecule has 1 aromatic rings. The van der Waals surface area contributed by atoms with Gasteiger partial charge in [-0.25, -0.2) is 4.79 Å². The number of primary amides is 1. The third kappa shape index (κ3) is 3.89. The molecular weight excluding hydrogens is 302 g/mol. The number of benzene rings is 1. The zero-order valence-corrected chi connectivity index (χ0v) is 14.2. The van der Waals surface area contributed by atoms with Gasteiger partial charge in [0.25, 0.3) is 0 Å². The summed E-state index contributed by atoms with van der Waals surface area (Å²) in [4.78, 5) is 25.7. The molecule has 5 heteroatoms. The van der Waals surface area contributed by atoms with Crippen LogP contribution in [0.2, 0.25) is 0 Å². The largest absolute Gasteiger partial charge is 0.369 e. The van der Waals surface area contributed by atoms with Gasteiger partial charge in [0.05, 0.1) is 6.42 Å². The van der Waals surface area contributed by atoms with Crippen molar-refractivity contribution in [1.82, 2.24) is 4.90 Å². The van der Waals surface area contributed by atoms with Gasteiger partial charge in [0.15, 0.2) is 0 Å². The van der Waals surface area contributed by atoms with Crippen molar-refractivity contribution in [2.75, 3.05) is 18.4 Å². The number of hydrogen-bond acceptors (Lipinski definition) is 2. The predicted molar refractivity (Wildman–Crippen MR) is 94.7 cm³/mol. The Morgan fingerprint density at radius 1 is 1.04 bits per heavy atom. The van der Waals surface area contributed by atoms with Gasteiger partial charge < -0.3 is 16.0 Å². The van der Waals surface area contributed by atoms with Crippen LogP contribution in [-0.2, 0) is 11.2 Å². The van der Waals surface area contributed by atoms with Crippen molar-refractivity contribution in [3.63, 3.8) is 0 Å². The average Bonchev–Trinajstić information content (AvgIpc) is 2.57. The molecule has 0 unspecified atom stereocenters. The Balaban J connectivity index is 1.59. The predicted octanol–water partition coefficient (Wildman–Crippen LogP) is 3.29. The summed E-state index contributed by atoms with van der Waals surface area (Å²) in [6.07, 6.45) is 9.06. The SMILES string of the molecule is NC(=O)Cc1ccccc1NC(=O)N1CCC2(CCCCC2)CC1. The summed E-state index contributed by atoms with van der Waals surface area (Å²) in [5, 5.41) is 2.96. The number of piperidine rings is 1. The van der Waals surface area contributed by atoms with E-state index in [1.165, 1.54) is 32.1 Å². The van der Waals surface area contributed by atoms with E-state index < -0.39 is 5.91 Å². The number of para-hydroxylation sites is 1. The number of nitrogens with zero attached hydrogens (tertiary/aromatic N) is 1. The highest BCUT2D eigenvalue weighted by atomic mass is 16.2. The molecule has 0 radical (unpaired) electrons. The highest BCUT2D eigenvalue weighted by Crippen LogP contribution is 2.44. The maximum absolute atomic E-state index is 12.6. The van der Waals surface area contributed by atoms with E-state index in [-0.39, 0.29) is 12.5 Å². The Labute approximate surface area is 143 Å². The second-order valence-corrected chi connectivity index (χ2v) is 7.28. The lowest BCUT2D eigenvalue weighted by Crippen LogP contribution is -2.45. The number of nitrogens with one attached hydrogen (secondary N) is 1. The Morgan fingerprint density at radius 2 is 1.71 bits per heavy atom. The Kier molecular flexibility index (Phi) is 5.07. The van der Waals surface area contributed by atoms with Gasteiger partial charge in [-0.05, 0) is 42.7 Å². The molecule has 3 amide bonds. The van der Waals surface area contributed by atoms with E-state index in [1.807, 2.05) is 29.2 Å². The van der Waals surface area contributed by atoms with E-state index in [9.17, 15) is 9.59 Å². The number of carbonyl (C=O) groups is 2. The first kappa shape index (κ1) is 16.8. The molecule has 1 aliphatic carbocycles. The van der Waals surface area contributed by atoms with Crippen molar-refractivity contribution < 1.29 is 9.59 Å². The maximum atomic E-state index is 12.6. The third-order valence-corrected chi connectivity index (χ3v) is 5.65. The first-order valence-electron chi connectivity index (χ1n) is 9.00. The van der Waals surface area contributed by atoms with Crippen molar-refractivity contribution >= 4 is 17.6 Å². The van der Waals surface area contributed by atoms with Gasteiger partial charge in [-0.2, -0.15) is 0 Å². The summed E-state index contributed by atoms with van der Waals surface area (Å²) >= 11 is 0. The molecule has 0 atom stereocenters. The molecule has 5 nitrogen and oxygen atoms in total. The van der Waals surface area contributed by atoms with Gasteiger partial charge in [-0.1, -0.05) is 37.5 Å². The molecule has 0 bridgehead atoms. The number of anilines is 1. The fraction of sp³-hybridized carbons (Fsp3) is 0.579. The lowest BCUT2D eigenvalue weighted by Gasteiger charge is -2.44. The average molecular weight is 329 g/mol. The number of amides is 3. The van der Waals surface area contributed by atoms with E-state index in [4.69, 9.17) is 5.73 Å². The number of hydrogen-bond donors (Lipinski definition) is 2. The molecule has 1 heterocycles. The van der Waals surface area contributed by atoms with Crippen LogP contribution in [0.3, 0.4) is 0 Å². The van der Waals surface area contributed by atoms with Crippen LogP contribution in [0.4, 0.5) is 10.5 Å². The van der Waals surface area contributed by atoms with Gasteiger partial charge in [-0.15, -0.1) is 0 Å². The van der Waals surface area contributed by atoms with E-state index in [2.05, 4.69) is 5.32 Å². The summed E-state index contributed by atoms with van der Waals surface area (Å²) in [6, 6.07) is 7.28. The molecule has 3 N–H and O–H groups in total. The minimum Gasteiger partial charge on any atom is -0.369 e. The summed E-state index contributed by atoms with van der Waals surface area (Å²) in [5.41, 5.74) is 7.21. The van der Waals surface area contributed by atoms with Crippen LogP contribution in [0.1, 0.15) is 50.5 Å². The summed E-state index contributed by atoms with van der Waals surface area (Å²) in [5.74, 6) is -0.395. The van der Waals surface area contributed by atoms with Crippen LogP contribution >= 0.6 is 0 Å². The lowest BCUT2D eigenvalue weighted by atomic mass is 9.68. The van der Waals surface area contributed by atoms with Gasteiger partial charge in [-0.3, -0.25) is 4.79 Å². The normalized spacial score (nSPS) is 19.9. The molecule has 130 valence electrons. The van der Waals surface area contributed by atoms with E-state index in [1.54, 1.807) is 0 Å². The molecule has 2 aliphatic rings. The minimum atomic E-state index is -0.395. The molecule has 24 heavy (non-hydrogen) atoms. The molecule has 1 saturated carbocycles. The summed E-state index contributed by atoms with van der Waals surface area (Å²) < 4.78 is 0. The molecule has 0 aromatic heterocycles. The van der Waals surface area contributed by atoms with Crippen molar-refractivity contribution in [2.24, 2.45) is 11.1 Å². The summed E-state index contributed by atoms with van der Waals surface area (Å²) in [6.45, 7) is 1.65. The Bertz CT molecular complexity index is 598. The molecule has 3 rings (SSSR count). The quantitative estimate of drug-likeness (QED) is 0.893.